The van der Waals surface area contributed by atoms with Gasteiger partial charge < -0.3 is 9.47 Å². The summed E-state index contributed by atoms with van der Waals surface area (Å²) in [5.41, 5.74) is 1.20. The number of carbonyl (C=O) groups is 1. The molecule has 0 amide bonds. The molecular weight excluding hydrogens is 320 g/mol. The van der Waals surface area contributed by atoms with Crippen molar-refractivity contribution in [1.29, 1.82) is 0 Å². The van der Waals surface area contributed by atoms with Crippen LogP contribution < -0.4 is 9.47 Å². The van der Waals surface area contributed by atoms with Crippen molar-refractivity contribution in [3.8, 4) is 11.5 Å². The molecule has 0 bridgehead atoms. The molecule has 0 aromatic heterocycles. The van der Waals surface area contributed by atoms with Crippen LogP contribution in [0, 0.1) is 0 Å². The van der Waals surface area contributed by atoms with Crippen LogP contribution >= 0.6 is 11.8 Å². The molecule has 3 aromatic carbocycles. The number of ether oxygens (including phenoxy) is 2. The Balaban J connectivity index is 1.58. The fourth-order valence-electron chi connectivity index (χ4n) is 2.38. The number of methoxy groups -OCH3 is 1. The number of fused-ring (bicyclic) bond motifs is 1. The number of thioether (sulfide) groups is 1. The molecule has 0 fully saturated rings. The van der Waals surface area contributed by atoms with E-state index >= 15 is 0 Å². The quantitative estimate of drug-likeness (QED) is 0.483. The van der Waals surface area contributed by atoms with Gasteiger partial charge >= 0.3 is 5.97 Å². The summed E-state index contributed by atoms with van der Waals surface area (Å²) >= 11 is 1.55. The van der Waals surface area contributed by atoms with Crippen molar-refractivity contribution in [2.75, 3.05) is 12.9 Å². The molecule has 0 aliphatic carbocycles. The predicted octanol–water partition coefficient (Wildman–Crippen LogP) is 4.69. The maximum absolute atomic E-state index is 12.0. The van der Waals surface area contributed by atoms with Crippen molar-refractivity contribution >= 4 is 28.5 Å². The molecule has 4 heteroatoms. The third-order valence-electron chi connectivity index (χ3n) is 3.58. The predicted molar refractivity (Wildman–Crippen MR) is 98.7 cm³/mol. The van der Waals surface area contributed by atoms with E-state index in [1.54, 1.807) is 18.9 Å². The van der Waals surface area contributed by atoms with Crippen LogP contribution in [0.5, 0.6) is 11.5 Å². The van der Waals surface area contributed by atoms with Gasteiger partial charge in [-0.3, -0.25) is 4.79 Å². The van der Waals surface area contributed by atoms with E-state index in [1.165, 1.54) is 5.56 Å². The zero-order valence-corrected chi connectivity index (χ0v) is 14.2. The van der Waals surface area contributed by atoms with Crippen molar-refractivity contribution in [3.05, 3.63) is 72.3 Å². The van der Waals surface area contributed by atoms with Crippen LogP contribution in [0.4, 0.5) is 0 Å². The number of benzene rings is 3. The van der Waals surface area contributed by atoms with Gasteiger partial charge in [0.05, 0.1) is 12.9 Å². The Morgan fingerprint density at radius 2 is 1.62 bits per heavy atom. The molecule has 0 spiro atoms. The normalized spacial score (nSPS) is 10.5. The summed E-state index contributed by atoms with van der Waals surface area (Å²) in [6, 6.07) is 21.5. The van der Waals surface area contributed by atoms with Gasteiger partial charge in [-0.1, -0.05) is 42.5 Å². The minimum atomic E-state index is -0.238. The van der Waals surface area contributed by atoms with Crippen molar-refractivity contribution in [3.63, 3.8) is 0 Å². The first-order valence-corrected chi connectivity index (χ1v) is 8.80. The van der Waals surface area contributed by atoms with E-state index in [1.807, 2.05) is 54.6 Å². The molecule has 24 heavy (non-hydrogen) atoms. The number of hydrogen-bond donors (Lipinski definition) is 0. The Hall–Kier alpha value is -2.46. The minimum absolute atomic E-state index is 0.238. The lowest BCUT2D eigenvalue weighted by Gasteiger charge is -2.07. The lowest BCUT2D eigenvalue weighted by molar-refractivity contribution is -0.131. The highest BCUT2D eigenvalue weighted by Gasteiger charge is 2.07. The summed E-state index contributed by atoms with van der Waals surface area (Å²) in [7, 11) is 1.63. The fraction of sp³-hybridized carbons (Fsp3) is 0.150. The monoisotopic (exact) mass is 338 g/mol. The lowest BCUT2D eigenvalue weighted by Crippen LogP contribution is -2.10. The maximum Gasteiger partial charge on any atom is 0.321 e. The zero-order valence-electron chi connectivity index (χ0n) is 13.4. The highest BCUT2D eigenvalue weighted by atomic mass is 32.2. The molecule has 3 aromatic rings. The average Bonchev–Trinajstić information content (AvgIpc) is 2.62. The standard InChI is InChI=1S/C20H18O3S/c1-22-18-9-7-16-8-10-19(12-17(16)11-18)23-20(21)14-24-13-15-5-3-2-4-6-15/h2-12H,13-14H2,1H3. The molecule has 0 saturated heterocycles. The van der Waals surface area contributed by atoms with Crippen LogP contribution in [0.2, 0.25) is 0 Å². The summed E-state index contributed by atoms with van der Waals surface area (Å²) < 4.78 is 10.7. The van der Waals surface area contributed by atoms with E-state index in [2.05, 4.69) is 12.1 Å². The van der Waals surface area contributed by atoms with Gasteiger partial charge in [0.15, 0.2) is 0 Å². The molecule has 0 atom stereocenters. The van der Waals surface area contributed by atoms with E-state index in [9.17, 15) is 4.79 Å². The number of esters is 1. The lowest BCUT2D eigenvalue weighted by atomic mass is 10.1. The minimum Gasteiger partial charge on any atom is -0.497 e. The van der Waals surface area contributed by atoms with Gasteiger partial charge in [0.2, 0.25) is 0 Å². The van der Waals surface area contributed by atoms with Gasteiger partial charge in [0.25, 0.3) is 0 Å². The number of rotatable bonds is 6. The van der Waals surface area contributed by atoms with Crippen molar-refractivity contribution < 1.29 is 14.3 Å². The molecule has 0 aliphatic rings. The van der Waals surface area contributed by atoms with E-state index in [4.69, 9.17) is 9.47 Å². The molecule has 3 nitrogen and oxygen atoms in total. The third-order valence-corrected chi connectivity index (χ3v) is 4.56. The van der Waals surface area contributed by atoms with E-state index < -0.39 is 0 Å². The second kappa shape index (κ2) is 7.88. The topological polar surface area (TPSA) is 35.5 Å². The molecular formula is C20H18O3S. The summed E-state index contributed by atoms with van der Waals surface area (Å²) in [5.74, 6) is 2.22. The third kappa shape index (κ3) is 4.30. The van der Waals surface area contributed by atoms with Crippen LogP contribution in [0.3, 0.4) is 0 Å². The molecule has 0 radical (unpaired) electrons. The van der Waals surface area contributed by atoms with E-state index in [0.29, 0.717) is 11.5 Å². The largest absolute Gasteiger partial charge is 0.497 e. The zero-order chi connectivity index (χ0) is 16.8. The van der Waals surface area contributed by atoms with Gasteiger partial charge in [0, 0.05) is 5.75 Å². The SMILES string of the molecule is COc1ccc2ccc(OC(=O)CSCc3ccccc3)cc2c1. The van der Waals surface area contributed by atoms with Gasteiger partial charge in [-0.2, -0.15) is 0 Å². The first-order chi connectivity index (χ1) is 11.7. The van der Waals surface area contributed by atoms with Crippen molar-refractivity contribution in [2.45, 2.75) is 5.75 Å². The van der Waals surface area contributed by atoms with Crippen LogP contribution in [-0.2, 0) is 10.5 Å². The molecule has 0 aliphatic heterocycles. The summed E-state index contributed by atoms with van der Waals surface area (Å²) in [6.07, 6.45) is 0. The molecule has 0 N–H and O–H groups in total. The molecule has 0 heterocycles. The second-order valence-electron chi connectivity index (χ2n) is 5.33. The Bertz CT molecular complexity index is 831. The molecule has 122 valence electrons. The van der Waals surface area contributed by atoms with Crippen LogP contribution in [0.25, 0.3) is 10.8 Å². The first-order valence-electron chi connectivity index (χ1n) is 7.65. The number of carbonyl (C=O) groups excluding carboxylic acids is 1. The Kier molecular flexibility index (Phi) is 5.39. The highest BCUT2D eigenvalue weighted by Crippen LogP contribution is 2.25. The average molecular weight is 338 g/mol. The van der Waals surface area contributed by atoms with E-state index in [0.717, 1.165) is 22.3 Å². The Labute approximate surface area is 145 Å². The van der Waals surface area contributed by atoms with Gasteiger partial charge in [-0.25, -0.2) is 0 Å². The molecule has 0 saturated carbocycles. The van der Waals surface area contributed by atoms with Gasteiger partial charge in [-0.05, 0) is 40.6 Å². The Morgan fingerprint density at radius 3 is 2.38 bits per heavy atom. The van der Waals surface area contributed by atoms with E-state index in [-0.39, 0.29) is 5.97 Å². The van der Waals surface area contributed by atoms with Crippen molar-refractivity contribution in [1.82, 2.24) is 0 Å². The van der Waals surface area contributed by atoms with Crippen LogP contribution in [-0.4, -0.2) is 18.8 Å². The molecule has 0 unspecified atom stereocenters. The van der Waals surface area contributed by atoms with Gasteiger partial charge in [0.1, 0.15) is 11.5 Å². The maximum atomic E-state index is 12.0. The molecule has 3 rings (SSSR count). The smallest absolute Gasteiger partial charge is 0.321 e. The number of hydrogen-bond acceptors (Lipinski definition) is 4. The van der Waals surface area contributed by atoms with Crippen molar-refractivity contribution in [2.24, 2.45) is 0 Å². The summed E-state index contributed by atoms with van der Waals surface area (Å²) in [6.45, 7) is 0. The van der Waals surface area contributed by atoms with Gasteiger partial charge in [-0.15, -0.1) is 11.8 Å². The summed E-state index contributed by atoms with van der Waals surface area (Å²) in [4.78, 5) is 12.0. The summed E-state index contributed by atoms with van der Waals surface area (Å²) in [5, 5.41) is 2.06. The highest BCUT2D eigenvalue weighted by molar-refractivity contribution is 7.99. The fourth-order valence-corrected chi connectivity index (χ4v) is 3.14. The van der Waals surface area contributed by atoms with Crippen LogP contribution in [0.1, 0.15) is 5.56 Å². The van der Waals surface area contributed by atoms with Crippen LogP contribution in [0.15, 0.2) is 66.7 Å². The first kappa shape index (κ1) is 16.4. The second-order valence-corrected chi connectivity index (χ2v) is 6.31. The Morgan fingerprint density at radius 1 is 0.917 bits per heavy atom.